The molecule has 0 bridgehead atoms. The van der Waals surface area contributed by atoms with Crippen LogP contribution in [0.15, 0.2) is 54.6 Å². The van der Waals surface area contributed by atoms with E-state index in [9.17, 15) is 4.79 Å². The fourth-order valence-electron chi connectivity index (χ4n) is 2.68. The van der Waals surface area contributed by atoms with Crippen LogP contribution in [0.4, 0.5) is 0 Å². The summed E-state index contributed by atoms with van der Waals surface area (Å²) in [4.78, 5) is 16.3. The van der Waals surface area contributed by atoms with E-state index in [4.69, 9.17) is 9.72 Å². The van der Waals surface area contributed by atoms with E-state index in [0.717, 1.165) is 22.4 Å². The summed E-state index contributed by atoms with van der Waals surface area (Å²) in [7, 11) is 3.37. The number of aryl methyl sites for hydroxylation is 1. The van der Waals surface area contributed by atoms with Gasteiger partial charge in [0.25, 0.3) is 0 Å². The number of carbonyl (C=O) groups is 1. The summed E-state index contributed by atoms with van der Waals surface area (Å²) in [6.07, 6.45) is 0. The van der Waals surface area contributed by atoms with Crippen LogP contribution < -0.4 is 5.32 Å². The molecule has 0 amide bonds. The van der Waals surface area contributed by atoms with Gasteiger partial charge in [-0.2, -0.15) is 0 Å². The number of ether oxygens (including phenoxy) is 1. The molecule has 0 aliphatic heterocycles. The number of hydrogen-bond acceptors (Lipinski definition) is 4. The minimum absolute atomic E-state index is 0.124. The molecule has 2 aromatic carbocycles. The normalized spacial score (nSPS) is 12.3. The number of fused-ring (bicyclic) bond motifs is 1. The number of esters is 1. The summed E-state index contributed by atoms with van der Waals surface area (Å²) in [5.74, 6) is 0.561. The van der Waals surface area contributed by atoms with Crippen LogP contribution in [0, 0.1) is 0 Å². The van der Waals surface area contributed by atoms with Crippen molar-refractivity contribution in [2.24, 2.45) is 7.05 Å². The van der Waals surface area contributed by atoms with Crippen LogP contribution in [-0.2, 0) is 16.6 Å². The molecular weight excluding hydrogens is 290 g/mol. The Hall–Kier alpha value is -2.66. The van der Waals surface area contributed by atoms with Crippen LogP contribution >= 0.6 is 0 Å². The van der Waals surface area contributed by atoms with Gasteiger partial charge < -0.3 is 9.30 Å². The zero-order chi connectivity index (χ0) is 16.2. The van der Waals surface area contributed by atoms with E-state index < -0.39 is 0 Å². The molecule has 3 rings (SSSR count). The van der Waals surface area contributed by atoms with Crippen molar-refractivity contribution in [1.29, 1.82) is 0 Å². The second-order valence-corrected chi connectivity index (χ2v) is 5.32. The van der Waals surface area contributed by atoms with Gasteiger partial charge in [-0.15, -0.1) is 0 Å². The molecule has 118 valence electrons. The predicted molar refractivity (Wildman–Crippen MR) is 89.0 cm³/mol. The Morgan fingerprint density at radius 1 is 1.17 bits per heavy atom. The predicted octanol–water partition coefficient (Wildman–Crippen LogP) is 2.43. The van der Waals surface area contributed by atoms with Crippen LogP contribution in [-0.4, -0.2) is 29.2 Å². The van der Waals surface area contributed by atoms with E-state index in [-0.39, 0.29) is 18.6 Å². The first-order valence-electron chi connectivity index (χ1n) is 7.47. The highest BCUT2D eigenvalue weighted by molar-refractivity contribution is 5.76. The summed E-state index contributed by atoms with van der Waals surface area (Å²) < 4.78 is 6.79. The number of benzene rings is 2. The summed E-state index contributed by atoms with van der Waals surface area (Å²) in [5.41, 5.74) is 3.05. The minimum Gasteiger partial charge on any atom is -0.468 e. The summed E-state index contributed by atoms with van der Waals surface area (Å²) >= 11 is 0. The second-order valence-electron chi connectivity index (χ2n) is 5.32. The van der Waals surface area contributed by atoms with Gasteiger partial charge in [0, 0.05) is 7.05 Å². The maximum atomic E-state index is 11.5. The van der Waals surface area contributed by atoms with E-state index in [1.54, 1.807) is 0 Å². The highest BCUT2D eigenvalue weighted by Crippen LogP contribution is 2.24. The van der Waals surface area contributed by atoms with Crippen molar-refractivity contribution < 1.29 is 9.53 Å². The Bertz CT molecular complexity index is 812. The first-order chi connectivity index (χ1) is 11.2. The first-order valence-corrected chi connectivity index (χ1v) is 7.47. The molecule has 0 unspecified atom stereocenters. The van der Waals surface area contributed by atoms with Gasteiger partial charge in [-0.3, -0.25) is 10.1 Å². The molecule has 0 radical (unpaired) electrons. The Morgan fingerprint density at radius 2 is 1.87 bits per heavy atom. The molecule has 23 heavy (non-hydrogen) atoms. The van der Waals surface area contributed by atoms with Crippen molar-refractivity contribution in [3.05, 3.63) is 66.0 Å². The maximum absolute atomic E-state index is 11.5. The number of nitrogens with one attached hydrogen (secondary N) is 1. The molecule has 1 N–H and O–H groups in total. The average Bonchev–Trinajstić information content (AvgIpc) is 2.93. The number of carbonyl (C=O) groups excluding carboxylic acids is 1. The highest BCUT2D eigenvalue weighted by Gasteiger charge is 2.21. The van der Waals surface area contributed by atoms with Crippen LogP contribution in [0.1, 0.15) is 17.4 Å². The smallest absolute Gasteiger partial charge is 0.319 e. The zero-order valence-corrected chi connectivity index (χ0v) is 13.2. The van der Waals surface area contributed by atoms with Crippen LogP contribution in [0.3, 0.4) is 0 Å². The van der Waals surface area contributed by atoms with Gasteiger partial charge >= 0.3 is 5.97 Å². The molecule has 0 aliphatic carbocycles. The number of rotatable bonds is 5. The Morgan fingerprint density at radius 3 is 2.57 bits per heavy atom. The van der Waals surface area contributed by atoms with E-state index in [1.165, 1.54) is 7.11 Å². The lowest BCUT2D eigenvalue weighted by molar-refractivity contribution is -0.139. The third-order valence-corrected chi connectivity index (χ3v) is 3.89. The quantitative estimate of drug-likeness (QED) is 0.736. The Labute approximate surface area is 134 Å². The molecule has 0 fully saturated rings. The van der Waals surface area contributed by atoms with Crippen LogP contribution in [0.2, 0.25) is 0 Å². The van der Waals surface area contributed by atoms with Crippen molar-refractivity contribution in [2.45, 2.75) is 6.04 Å². The SMILES string of the molecule is COC(=O)CN[C@H](c1ccccc1)c1nc2ccccc2n1C. The van der Waals surface area contributed by atoms with E-state index in [0.29, 0.717) is 0 Å². The van der Waals surface area contributed by atoms with Crippen molar-refractivity contribution in [3.63, 3.8) is 0 Å². The lowest BCUT2D eigenvalue weighted by Crippen LogP contribution is -2.30. The van der Waals surface area contributed by atoms with Crippen LogP contribution in [0.5, 0.6) is 0 Å². The zero-order valence-electron chi connectivity index (χ0n) is 13.2. The Balaban J connectivity index is 2.02. The van der Waals surface area contributed by atoms with Crippen molar-refractivity contribution >= 4 is 17.0 Å². The van der Waals surface area contributed by atoms with Gasteiger partial charge in [-0.1, -0.05) is 42.5 Å². The lowest BCUT2D eigenvalue weighted by atomic mass is 10.1. The standard InChI is InChI=1S/C18H19N3O2/c1-21-15-11-7-6-10-14(15)20-18(21)17(19-12-16(22)23-2)13-8-4-3-5-9-13/h3-11,17,19H,12H2,1-2H3/t17-/m1/s1. The minimum atomic E-state index is -0.301. The topological polar surface area (TPSA) is 56.1 Å². The first kappa shape index (κ1) is 15.2. The summed E-state index contributed by atoms with van der Waals surface area (Å²) in [5, 5.41) is 3.25. The van der Waals surface area contributed by atoms with E-state index >= 15 is 0 Å². The van der Waals surface area contributed by atoms with E-state index in [2.05, 4.69) is 9.88 Å². The third kappa shape index (κ3) is 3.10. The molecule has 5 heteroatoms. The molecule has 1 heterocycles. The molecule has 5 nitrogen and oxygen atoms in total. The van der Waals surface area contributed by atoms with Crippen molar-refractivity contribution in [3.8, 4) is 0 Å². The fourth-order valence-corrected chi connectivity index (χ4v) is 2.68. The number of aromatic nitrogens is 2. The van der Waals surface area contributed by atoms with Gasteiger partial charge in [0.2, 0.25) is 0 Å². The van der Waals surface area contributed by atoms with Gasteiger partial charge in [0.15, 0.2) is 0 Å². The van der Waals surface area contributed by atoms with Gasteiger partial charge in [0.05, 0.1) is 30.7 Å². The monoisotopic (exact) mass is 309 g/mol. The second kappa shape index (κ2) is 6.62. The molecule has 1 aromatic heterocycles. The van der Waals surface area contributed by atoms with E-state index in [1.807, 2.05) is 61.6 Å². The molecule has 3 aromatic rings. The summed E-state index contributed by atoms with van der Waals surface area (Å²) in [6, 6.07) is 17.8. The molecule has 0 aliphatic rings. The van der Waals surface area contributed by atoms with Crippen molar-refractivity contribution in [1.82, 2.24) is 14.9 Å². The Kier molecular flexibility index (Phi) is 4.39. The number of methoxy groups -OCH3 is 1. The fraction of sp³-hybridized carbons (Fsp3) is 0.222. The molecule has 0 spiro atoms. The number of nitrogens with zero attached hydrogens (tertiary/aromatic N) is 2. The van der Waals surface area contributed by atoms with Gasteiger partial charge in [0.1, 0.15) is 5.82 Å². The number of imidazole rings is 1. The summed E-state index contributed by atoms with van der Waals surface area (Å²) in [6.45, 7) is 0.124. The maximum Gasteiger partial charge on any atom is 0.319 e. The average molecular weight is 309 g/mol. The molecule has 0 saturated heterocycles. The number of hydrogen-bond donors (Lipinski definition) is 1. The van der Waals surface area contributed by atoms with Crippen LogP contribution in [0.25, 0.3) is 11.0 Å². The van der Waals surface area contributed by atoms with Crippen molar-refractivity contribution in [2.75, 3.05) is 13.7 Å². The molecule has 1 atom stereocenters. The highest BCUT2D eigenvalue weighted by atomic mass is 16.5. The number of para-hydroxylation sites is 2. The van der Waals surface area contributed by atoms with Gasteiger partial charge in [-0.05, 0) is 17.7 Å². The third-order valence-electron chi connectivity index (χ3n) is 3.89. The molecular formula is C18H19N3O2. The van der Waals surface area contributed by atoms with Gasteiger partial charge in [-0.25, -0.2) is 4.98 Å². The molecule has 0 saturated carbocycles. The lowest BCUT2D eigenvalue weighted by Gasteiger charge is -2.18. The largest absolute Gasteiger partial charge is 0.468 e.